The van der Waals surface area contributed by atoms with E-state index in [0.29, 0.717) is 9.87 Å². The molecule has 0 amide bonds. The van der Waals surface area contributed by atoms with Gasteiger partial charge in [-0.2, -0.15) is 13.2 Å². The van der Waals surface area contributed by atoms with Crippen molar-refractivity contribution in [2.75, 3.05) is 20.1 Å². The summed E-state index contributed by atoms with van der Waals surface area (Å²) in [6.45, 7) is -0.562. The Hall–Kier alpha value is -1.63. The molecule has 0 aliphatic rings. The molecule has 1 rings (SSSR count). The van der Waals surface area contributed by atoms with Gasteiger partial charge in [0.15, 0.2) is 0 Å². The summed E-state index contributed by atoms with van der Waals surface area (Å²) in [7, 11) is -2.95. The van der Waals surface area contributed by atoms with Crippen LogP contribution in [-0.4, -0.2) is 44.0 Å². The van der Waals surface area contributed by atoms with Gasteiger partial charge in [0.25, 0.3) is 0 Å². The number of hydrogen-bond donors (Lipinski definition) is 1. The van der Waals surface area contributed by atoms with Crippen molar-refractivity contribution in [2.45, 2.75) is 17.5 Å². The Morgan fingerprint density at radius 1 is 1.38 bits per heavy atom. The fourth-order valence-electron chi connectivity index (χ4n) is 1.37. The number of halogens is 3. The Balaban J connectivity index is 2.97. The Morgan fingerprint density at radius 3 is 2.62 bits per heavy atom. The summed E-state index contributed by atoms with van der Waals surface area (Å²) in [6.07, 6.45) is -3.23. The van der Waals surface area contributed by atoms with E-state index < -0.39 is 29.2 Å². The fourth-order valence-corrected chi connectivity index (χ4v) is 2.53. The molecule has 2 N–H and O–H groups in total. The van der Waals surface area contributed by atoms with Gasteiger partial charge in [0.2, 0.25) is 10.0 Å². The molecule has 1 heterocycles. The van der Waals surface area contributed by atoms with E-state index in [1.54, 1.807) is 0 Å². The third kappa shape index (κ3) is 5.34. The molecule has 0 atom stereocenters. The van der Waals surface area contributed by atoms with Gasteiger partial charge in [-0.3, -0.25) is 4.98 Å². The topological polar surface area (TPSA) is 76.3 Å². The van der Waals surface area contributed by atoms with Crippen LogP contribution in [0, 0.1) is 11.8 Å². The molecule has 0 aliphatic heterocycles. The fraction of sp³-hybridized carbons (Fsp3) is 0.417. The lowest BCUT2D eigenvalue weighted by atomic mass is 10.3. The smallest absolute Gasteiger partial charge is 0.320 e. The first kappa shape index (κ1) is 17.4. The molecule has 0 saturated carbocycles. The van der Waals surface area contributed by atoms with Crippen LogP contribution in [0.5, 0.6) is 0 Å². The highest BCUT2D eigenvalue weighted by molar-refractivity contribution is 7.89. The Bertz CT molecular complexity index is 648. The molecule has 0 aromatic carbocycles. The van der Waals surface area contributed by atoms with Gasteiger partial charge in [-0.05, 0) is 6.07 Å². The summed E-state index contributed by atoms with van der Waals surface area (Å²) in [5.74, 6) is 5.15. The van der Waals surface area contributed by atoms with E-state index in [9.17, 15) is 21.6 Å². The lowest BCUT2D eigenvalue weighted by molar-refractivity contribution is -0.135. The number of rotatable bonds is 4. The van der Waals surface area contributed by atoms with Crippen molar-refractivity contribution in [1.29, 1.82) is 0 Å². The minimum absolute atomic E-state index is 0.0997. The van der Waals surface area contributed by atoms with Gasteiger partial charge in [-0.15, -0.1) is 0 Å². The molecule has 9 heteroatoms. The molecular weight excluding hydrogens is 307 g/mol. The maximum atomic E-state index is 12.1. The summed E-state index contributed by atoms with van der Waals surface area (Å²) >= 11 is 0. The van der Waals surface area contributed by atoms with E-state index in [4.69, 9.17) is 5.73 Å². The van der Waals surface area contributed by atoms with Crippen molar-refractivity contribution in [3.8, 4) is 11.8 Å². The van der Waals surface area contributed by atoms with E-state index in [2.05, 4.69) is 16.8 Å². The van der Waals surface area contributed by atoms with E-state index in [-0.39, 0.29) is 11.4 Å². The van der Waals surface area contributed by atoms with Crippen molar-refractivity contribution in [2.24, 2.45) is 5.73 Å². The monoisotopic (exact) mass is 321 g/mol. The number of pyridine rings is 1. The average molecular weight is 321 g/mol. The summed E-state index contributed by atoms with van der Waals surface area (Å²) in [6, 6.07) is 1.25. The lowest BCUT2D eigenvalue weighted by Crippen LogP contribution is -2.30. The van der Waals surface area contributed by atoms with Crippen LogP contribution in [0.15, 0.2) is 23.4 Å². The SMILES string of the molecule is CN(CCC(F)(F)F)S(=O)(=O)c1cncc(C#CCN)c1. The van der Waals surface area contributed by atoms with Crippen LogP contribution in [0.3, 0.4) is 0 Å². The quantitative estimate of drug-likeness (QED) is 0.838. The standard InChI is InChI=1S/C12H14F3N3O2S/c1-18(6-4-12(13,14)15)21(19,20)11-7-10(3-2-5-16)8-17-9-11/h7-9H,4-6,16H2,1H3. The summed E-state index contributed by atoms with van der Waals surface area (Å²) < 4.78 is 61.3. The normalized spacial score (nSPS) is 12.1. The van der Waals surface area contributed by atoms with Gasteiger partial charge in [0.1, 0.15) is 4.90 Å². The molecule has 0 spiro atoms. The highest BCUT2D eigenvalue weighted by Gasteiger charge is 2.30. The second-order valence-electron chi connectivity index (χ2n) is 4.11. The highest BCUT2D eigenvalue weighted by Crippen LogP contribution is 2.22. The van der Waals surface area contributed by atoms with Gasteiger partial charge >= 0.3 is 6.18 Å². The average Bonchev–Trinajstić information content (AvgIpc) is 2.42. The van der Waals surface area contributed by atoms with Gasteiger partial charge in [0.05, 0.1) is 13.0 Å². The molecule has 0 fully saturated rings. The number of hydrogen-bond acceptors (Lipinski definition) is 4. The van der Waals surface area contributed by atoms with Crippen molar-refractivity contribution < 1.29 is 21.6 Å². The molecule has 1 aromatic heterocycles. The Kier molecular flexibility index (Phi) is 5.71. The van der Waals surface area contributed by atoms with Crippen molar-refractivity contribution in [1.82, 2.24) is 9.29 Å². The first-order valence-corrected chi connectivity index (χ1v) is 7.28. The van der Waals surface area contributed by atoms with Gasteiger partial charge in [-0.1, -0.05) is 11.8 Å². The number of nitrogens with two attached hydrogens (primary N) is 1. The van der Waals surface area contributed by atoms with Gasteiger partial charge in [0, 0.05) is 31.5 Å². The molecule has 0 saturated heterocycles. The van der Waals surface area contributed by atoms with Gasteiger partial charge in [-0.25, -0.2) is 12.7 Å². The van der Waals surface area contributed by atoms with Crippen LogP contribution in [0.2, 0.25) is 0 Å². The van der Waals surface area contributed by atoms with Crippen LogP contribution in [-0.2, 0) is 10.0 Å². The number of sulfonamides is 1. The molecular formula is C12H14F3N3O2S. The number of aromatic nitrogens is 1. The molecule has 0 bridgehead atoms. The molecule has 0 aliphatic carbocycles. The predicted molar refractivity (Wildman–Crippen MR) is 70.7 cm³/mol. The minimum Gasteiger partial charge on any atom is -0.320 e. The van der Waals surface area contributed by atoms with E-state index in [1.165, 1.54) is 12.3 Å². The molecule has 5 nitrogen and oxygen atoms in total. The maximum Gasteiger partial charge on any atom is 0.390 e. The van der Waals surface area contributed by atoms with E-state index in [0.717, 1.165) is 13.2 Å². The van der Waals surface area contributed by atoms with E-state index >= 15 is 0 Å². The van der Waals surface area contributed by atoms with Crippen molar-refractivity contribution in [3.05, 3.63) is 24.0 Å². The molecule has 116 valence electrons. The predicted octanol–water partition coefficient (Wildman–Crippen LogP) is 0.965. The zero-order chi connectivity index (χ0) is 16.1. The second-order valence-corrected chi connectivity index (χ2v) is 6.15. The van der Waals surface area contributed by atoms with Crippen LogP contribution in [0.25, 0.3) is 0 Å². The van der Waals surface area contributed by atoms with Crippen LogP contribution in [0.1, 0.15) is 12.0 Å². The number of nitrogens with zero attached hydrogens (tertiary/aromatic N) is 2. The highest BCUT2D eigenvalue weighted by atomic mass is 32.2. The summed E-state index contributed by atoms with van der Waals surface area (Å²) in [5.41, 5.74) is 5.53. The third-order valence-electron chi connectivity index (χ3n) is 2.47. The summed E-state index contributed by atoms with van der Waals surface area (Å²) in [4.78, 5) is 3.51. The molecule has 1 aromatic rings. The van der Waals surface area contributed by atoms with Crippen LogP contribution < -0.4 is 5.73 Å². The number of alkyl halides is 3. The maximum absolute atomic E-state index is 12.1. The van der Waals surface area contributed by atoms with Crippen LogP contribution >= 0.6 is 0 Å². The first-order valence-electron chi connectivity index (χ1n) is 5.84. The molecule has 0 unspecified atom stereocenters. The zero-order valence-corrected chi connectivity index (χ0v) is 12.0. The third-order valence-corrected chi connectivity index (χ3v) is 4.29. The van der Waals surface area contributed by atoms with Gasteiger partial charge < -0.3 is 5.73 Å². The lowest BCUT2D eigenvalue weighted by Gasteiger charge is -2.17. The molecule has 21 heavy (non-hydrogen) atoms. The van der Waals surface area contributed by atoms with Crippen LogP contribution in [0.4, 0.5) is 13.2 Å². The van der Waals surface area contributed by atoms with Crippen molar-refractivity contribution in [3.63, 3.8) is 0 Å². The largest absolute Gasteiger partial charge is 0.390 e. The summed E-state index contributed by atoms with van der Waals surface area (Å²) in [5, 5.41) is 0. The Morgan fingerprint density at radius 2 is 2.05 bits per heavy atom. The van der Waals surface area contributed by atoms with E-state index in [1.807, 2.05) is 0 Å². The minimum atomic E-state index is -4.42. The first-order chi connectivity index (χ1) is 9.66. The second kappa shape index (κ2) is 6.89. The van der Waals surface area contributed by atoms with Crippen molar-refractivity contribution >= 4 is 10.0 Å². The molecule has 0 radical (unpaired) electrons. The Labute approximate surface area is 121 Å². The zero-order valence-electron chi connectivity index (χ0n) is 11.2.